The van der Waals surface area contributed by atoms with Crippen LogP contribution in [0.25, 0.3) is 0 Å². The maximum absolute atomic E-state index is 5.95. The second-order valence-corrected chi connectivity index (χ2v) is 5.82. The molecule has 2 N–H and O–H groups in total. The van der Waals surface area contributed by atoms with E-state index in [4.69, 9.17) is 22.1 Å². The van der Waals surface area contributed by atoms with Gasteiger partial charge >= 0.3 is 0 Å². The lowest BCUT2D eigenvalue weighted by Crippen LogP contribution is -2.50. The van der Waals surface area contributed by atoms with Crippen LogP contribution in [0.1, 0.15) is 25.5 Å². The SMILES string of the molecule is CC1(C)CN([C@H](CN)c2ccc(Cl)cc2)CCO1. The number of nitrogens with zero attached hydrogens (tertiary/aromatic N) is 1. The summed E-state index contributed by atoms with van der Waals surface area (Å²) < 4.78 is 5.74. The van der Waals surface area contributed by atoms with Crippen LogP contribution >= 0.6 is 11.6 Å². The van der Waals surface area contributed by atoms with Gasteiger partial charge in [-0.3, -0.25) is 4.90 Å². The Kier molecular flexibility index (Phi) is 4.28. The number of ether oxygens (including phenoxy) is 1. The van der Waals surface area contributed by atoms with E-state index in [1.807, 2.05) is 12.1 Å². The van der Waals surface area contributed by atoms with Gasteiger partial charge in [-0.25, -0.2) is 0 Å². The zero-order chi connectivity index (χ0) is 13.2. The molecule has 0 spiro atoms. The van der Waals surface area contributed by atoms with Crippen LogP contribution in [-0.2, 0) is 4.74 Å². The molecule has 1 aliphatic heterocycles. The van der Waals surface area contributed by atoms with E-state index in [1.165, 1.54) is 5.56 Å². The Morgan fingerprint density at radius 1 is 1.39 bits per heavy atom. The number of benzene rings is 1. The Hall–Kier alpha value is -0.610. The van der Waals surface area contributed by atoms with E-state index in [9.17, 15) is 0 Å². The molecular formula is C14H21ClN2O. The minimum atomic E-state index is -0.0991. The average molecular weight is 269 g/mol. The fourth-order valence-corrected chi connectivity index (χ4v) is 2.63. The summed E-state index contributed by atoms with van der Waals surface area (Å²) in [6.45, 7) is 7.43. The van der Waals surface area contributed by atoms with E-state index in [1.54, 1.807) is 0 Å². The quantitative estimate of drug-likeness (QED) is 0.915. The molecule has 0 unspecified atom stereocenters. The summed E-state index contributed by atoms with van der Waals surface area (Å²) in [6, 6.07) is 8.20. The van der Waals surface area contributed by atoms with Gasteiger partial charge in [0.15, 0.2) is 0 Å². The molecule has 100 valence electrons. The van der Waals surface area contributed by atoms with Crippen LogP contribution in [0.3, 0.4) is 0 Å². The van der Waals surface area contributed by atoms with Crippen molar-refractivity contribution in [3.63, 3.8) is 0 Å². The Balaban J connectivity index is 2.15. The lowest BCUT2D eigenvalue weighted by molar-refractivity contribution is -0.0967. The monoisotopic (exact) mass is 268 g/mol. The first kappa shape index (κ1) is 13.8. The zero-order valence-electron chi connectivity index (χ0n) is 11.0. The van der Waals surface area contributed by atoms with Crippen LogP contribution in [-0.4, -0.2) is 36.7 Å². The first-order valence-electron chi connectivity index (χ1n) is 6.35. The molecule has 0 saturated carbocycles. The normalized spacial score (nSPS) is 21.8. The van der Waals surface area contributed by atoms with Crippen molar-refractivity contribution in [1.29, 1.82) is 0 Å². The van der Waals surface area contributed by atoms with Gasteiger partial charge in [-0.1, -0.05) is 23.7 Å². The molecule has 18 heavy (non-hydrogen) atoms. The van der Waals surface area contributed by atoms with Gasteiger partial charge in [0.05, 0.1) is 12.2 Å². The van der Waals surface area contributed by atoms with E-state index < -0.39 is 0 Å². The van der Waals surface area contributed by atoms with Crippen LogP contribution in [0.5, 0.6) is 0 Å². The topological polar surface area (TPSA) is 38.5 Å². The molecule has 1 atom stereocenters. The van der Waals surface area contributed by atoms with E-state index in [0.29, 0.717) is 6.54 Å². The Labute approximate surface area is 114 Å². The van der Waals surface area contributed by atoms with Crippen molar-refractivity contribution in [2.24, 2.45) is 5.73 Å². The third-order valence-electron chi connectivity index (χ3n) is 3.37. The van der Waals surface area contributed by atoms with Crippen molar-refractivity contribution in [1.82, 2.24) is 4.90 Å². The molecule has 1 fully saturated rings. The molecule has 2 rings (SSSR count). The van der Waals surface area contributed by atoms with Gasteiger partial charge in [0.1, 0.15) is 0 Å². The predicted molar refractivity (Wildman–Crippen MR) is 74.9 cm³/mol. The molecule has 1 aromatic rings. The second-order valence-electron chi connectivity index (χ2n) is 5.38. The first-order chi connectivity index (χ1) is 8.52. The summed E-state index contributed by atoms with van der Waals surface area (Å²) in [7, 11) is 0. The minimum Gasteiger partial charge on any atom is -0.373 e. The van der Waals surface area contributed by atoms with Gasteiger partial charge < -0.3 is 10.5 Å². The first-order valence-corrected chi connectivity index (χ1v) is 6.73. The van der Waals surface area contributed by atoms with E-state index in [-0.39, 0.29) is 11.6 Å². The summed E-state index contributed by atoms with van der Waals surface area (Å²) in [5.41, 5.74) is 7.07. The zero-order valence-corrected chi connectivity index (χ0v) is 11.8. The molecule has 0 amide bonds. The van der Waals surface area contributed by atoms with Crippen LogP contribution < -0.4 is 5.73 Å². The molecule has 0 radical (unpaired) electrons. The highest BCUT2D eigenvalue weighted by Gasteiger charge is 2.31. The summed E-state index contributed by atoms with van der Waals surface area (Å²) in [5, 5.41) is 0.761. The standard InChI is InChI=1S/C14H21ClN2O/c1-14(2)10-17(7-8-18-14)13(9-16)11-3-5-12(15)6-4-11/h3-6,13H,7-10,16H2,1-2H3/t13-/m1/s1. The van der Waals surface area contributed by atoms with Crippen molar-refractivity contribution in [3.8, 4) is 0 Å². The van der Waals surface area contributed by atoms with Crippen molar-refractivity contribution < 1.29 is 4.74 Å². The molecule has 1 aromatic carbocycles. The van der Waals surface area contributed by atoms with E-state index >= 15 is 0 Å². The molecular weight excluding hydrogens is 248 g/mol. The van der Waals surface area contributed by atoms with Gasteiger partial charge in [-0.15, -0.1) is 0 Å². The molecule has 1 saturated heterocycles. The smallest absolute Gasteiger partial charge is 0.0753 e. The average Bonchev–Trinajstić information content (AvgIpc) is 2.31. The lowest BCUT2D eigenvalue weighted by atomic mass is 10.0. The summed E-state index contributed by atoms with van der Waals surface area (Å²) in [5.74, 6) is 0. The fourth-order valence-electron chi connectivity index (χ4n) is 2.50. The van der Waals surface area contributed by atoms with Crippen LogP contribution in [0.4, 0.5) is 0 Å². The highest BCUT2D eigenvalue weighted by molar-refractivity contribution is 6.30. The number of halogens is 1. The number of morpholine rings is 1. The van der Waals surface area contributed by atoms with Gasteiger partial charge in [0, 0.05) is 30.7 Å². The number of hydrogen-bond acceptors (Lipinski definition) is 3. The van der Waals surface area contributed by atoms with Crippen molar-refractivity contribution in [2.75, 3.05) is 26.2 Å². The third-order valence-corrected chi connectivity index (χ3v) is 3.63. The maximum atomic E-state index is 5.95. The molecule has 3 nitrogen and oxygen atoms in total. The van der Waals surface area contributed by atoms with Crippen LogP contribution in [0.2, 0.25) is 5.02 Å². The Morgan fingerprint density at radius 2 is 2.06 bits per heavy atom. The van der Waals surface area contributed by atoms with Gasteiger partial charge in [0.2, 0.25) is 0 Å². The number of hydrogen-bond donors (Lipinski definition) is 1. The highest BCUT2D eigenvalue weighted by atomic mass is 35.5. The molecule has 0 bridgehead atoms. The Morgan fingerprint density at radius 3 is 2.61 bits per heavy atom. The van der Waals surface area contributed by atoms with Crippen LogP contribution in [0, 0.1) is 0 Å². The molecule has 0 aromatic heterocycles. The lowest BCUT2D eigenvalue weighted by Gasteiger charge is -2.42. The van der Waals surface area contributed by atoms with Gasteiger partial charge in [-0.2, -0.15) is 0 Å². The minimum absolute atomic E-state index is 0.0991. The summed E-state index contributed by atoms with van der Waals surface area (Å²) >= 11 is 5.93. The predicted octanol–water partition coefficient (Wildman–Crippen LogP) is 2.45. The molecule has 1 aliphatic rings. The summed E-state index contributed by atoms with van der Waals surface area (Å²) in [4.78, 5) is 2.40. The van der Waals surface area contributed by atoms with Crippen molar-refractivity contribution in [3.05, 3.63) is 34.9 Å². The molecule has 4 heteroatoms. The number of nitrogens with two attached hydrogens (primary N) is 1. The molecule has 1 heterocycles. The highest BCUT2D eigenvalue weighted by Crippen LogP contribution is 2.26. The van der Waals surface area contributed by atoms with E-state index in [2.05, 4.69) is 30.9 Å². The van der Waals surface area contributed by atoms with Gasteiger partial charge in [-0.05, 0) is 31.5 Å². The Bertz CT molecular complexity index is 391. The van der Waals surface area contributed by atoms with Gasteiger partial charge in [0.25, 0.3) is 0 Å². The summed E-state index contributed by atoms with van der Waals surface area (Å²) in [6.07, 6.45) is 0. The number of rotatable bonds is 3. The van der Waals surface area contributed by atoms with Crippen LogP contribution in [0.15, 0.2) is 24.3 Å². The second kappa shape index (κ2) is 5.57. The largest absolute Gasteiger partial charge is 0.373 e. The maximum Gasteiger partial charge on any atom is 0.0753 e. The van der Waals surface area contributed by atoms with E-state index in [0.717, 1.165) is 24.7 Å². The fraction of sp³-hybridized carbons (Fsp3) is 0.571. The third kappa shape index (κ3) is 3.23. The molecule has 0 aliphatic carbocycles. The van der Waals surface area contributed by atoms with Crippen molar-refractivity contribution in [2.45, 2.75) is 25.5 Å². The van der Waals surface area contributed by atoms with Crippen molar-refractivity contribution >= 4 is 11.6 Å².